The number of hydrogen-bond acceptors (Lipinski definition) is 2. The Morgan fingerprint density at radius 2 is 1.89 bits per heavy atom. The van der Waals surface area contributed by atoms with Crippen LogP contribution in [-0.2, 0) is 6.54 Å². The van der Waals surface area contributed by atoms with Crippen LogP contribution in [0.15, 0.2) is 24.3 Å². The van der Waals surface area contributed by atoms with Crippen molar-refractivity contribution in [2.24, 2.45) is 11.8 Å². The third-order valence-corrected chi connectivity index (χ3v) is 4.02. The molecule has 1 saturated carbocycles. The van der Waals surface area contributed by atoms with Gasteiger partial charge in [-0.2, -0.15) is 0 Å². The number of hydrogen-bond donors (Lipinski definition) is 1. The molecule has 2 unspecified atom stereocenters. The molecule has 1 fully saturated rings. The maximum Gasteiger partial charge on any atom is 0.0361 e. The van der Waals surface area contributed by atoms with E-state index >= 15 is 0 Å². The van der Waals surface area contributed by atoms with E-state index in [4.69, 9.17) is 0 Å². The topological polar surface area (TPSA) is 15.3 Å². The lowest BCUT2D eigenvalue weighted by Crippen LogP contribution is -2.21. The summed E-state index contributed by atoms with van der Waals surface area (Å²) in [5, 5.41) is 3.60. The van der Waals surface area contributed by atoms with Crippen molar-refractivity contribution in [3.63, 3.8) is 0 Å². The molecule has 1 aliphatic carbocycles. The molecule has 1 N–H and O–H groups in total. The summed E-state index contributed by atoms with van der Waals surface area (Å²) in [7, 11) is 4.16. The molecule has 0 saturated heterocycles. The number of nitrogens with zero attached hydrogens (tertiary/aromatic N) is 1. The fraction of sp³-hybridized carbons (Fsp3) is 0.625. The Bertz CT molecular complexity index is 356. The first-order chi connectivity index (χ1) is 8.65. The monoisotopic (exact) mass is 246 g/mol. The molecule has 0 radical (unpaired) electrons. The third kappa shape index (κ3) is 3.74. The Morgan fingerprint density at radius 1 is 1.17 bits per heavy atom. The van der Waals surface area contributed by atoms with Gasteiger partial charge in [0.25, 0.3) is 0 Å². The Kier molecular flexibility index (Phi) is 4.65. The first kappa shape index (κ1) is 13.4. The first-order valence-electron chi connectivity index (χ1n) is 7.12. The van der Waals surface area contributed by atoms with Crippen LogP contribution in [0.3, 0.4) is 0 Å². The van der Waals surface area contributed by atoms with Crippen LogP contribution in [0.5, 0.6) is 0 Å². The van der Waals surface area contributed by atoms with Gasteiger partial charge in [-0.15, -0.1) is 0 Å². The molecule has 0 amide bonds. The number of anilines is 1. The highest BCUT2D eigenvalue weighted by molar-refractivity contribution is 5.45. The zero-order valence-corrected chi connectivity index (χ0v) is 11.9. The van der Waals surface area contributed by atoms with Crippen molar-refractivity contribution in [1.29, 1.82) is 0 Å². The quantitative estimate of drug-likeness (QED) is 0.857. The normalized spacial score (nSPS) is 23.3. The maximum absolute atomic E-state index is 3.60. The number of benzene rings is 1. The fourth-order valence-electron chi connectivity index (χ4n) is 2.84. The third-order valence-electron chi connectivity index (χ3n) is 4.02. The van der Waals surface area contributed by atoms with Crippen LogP contribution in [0.1, 0.15) is 31.7 Å². The summed E-state index contributed by atoms with van der Waals surface area (Å²) >= 11 is 0. The SMILES string of the molecule is CC1CCC(CNCc2ccc(N(C)C)cc2)C1. The van der Waals surface area contributed by atoms with E-state index in [9.17, 15) is 0 Å². The Labute approximate surface area is 111 Å². The molecule has 0 aliphatic heterocycles. The molecule has 0 bridgehead atoms. The van der Waals surface area contributed by atoms with Crippen molar-refractivity contribution in [3.8, 4) is 0 Å². The van der Waals surface area contributed by atoms with Crippen LogP contribution < -0.4 is 10.2 Å². The van der Waals surface area contributed by atoms with Crippen molar-refractivity contribution >= 4 is 5.69 Å². The smallest absolute Gasteiger partial charge is 0.0361 e. The van der Waals surface area contributed by atoms with E-state index in [1.54, 1.807) is 0 Å². The molecule has 1 aliphatic rings. The summed E-state index contributed by atoms with van der Waals surface area (Å²) in [6.07, 6.45) is 4.24. The van der Waals surface area contributed by atoms with Gasteiger partial charge in [-0.05, 0) is 48.9 Å². The minimum atomic E-state index is 0.904. The van der Waals surface area contributed by atoms with Crippen LogP contribution in [0, 0.1) is 11.8 Å². The molecule has 2 heteroatoms. The molecule has 0 spiro atoms. The van der Waals surface area contributed by atoms with E-state index in [1.165, 1.54) is 37.1 Å². The zero-order valence-electron chi connectivity index (χ0n) is 11.9. The van der Waals surface area contributed by atoms with Gasteiger partial charge in [0.1, 0.15) is 0 Å². The second-order valence-corrected chi connectivity index (χ2v) is 5.98. The molecule has 2 nitrogen and oxygen atoms in total. The Balaban J connectivity index is 1.73. The van der Waals surface area contributed by atoms with Crippen molar-refractivity contribution in [3.05, 3.63) is 29.8 Å². The number of rotatable bonds is 5. The highest BCUT2D eigenvalue weighted by Crippen LogP contribution is 2.29. The lowest BCUT2D eigenvalue weighted by Gasteiger charge is -2.14. The predicted molar refractivity (Wildman–Crippen MR) is 79.0 cm³/mol. The van der Waals surface area contributed by atoms with Gasteiger partial charge in [0.2, 0.25) is 0 Å². The van der Waals surface area contributed by atoms with Gasteiger partial charge in [-0.25, -0.2) is 0 Å². The van der Waals surface area contributed by atoms with Gasteiger partial charge in [0.15, 0.2) is 0 Å². The molecule has 1 aromatic carbocycles. The van der Waals surface area contributed by atoms with E-state index in [-0.39, 0.29) is 0 Å². The molecule has 0 heterocycles. The minimum absolute atomic E-state index is 0.904. The summed E-state index contributed by atoms with van der Waals surface area (Å²) in [4.78, 5) is 2.14. The van der Waals surface area contributed by atoms with E-state index in [1.807, 2.05) is 0 Å². The van der Waals surface area contributed by atoms with Crippen LogP contribution in [-0.4, -0.2) is 20.6 Å². The molecule has 0 aromatic heterocycles. The maximum atomic E-state index is 3.60. The molecular formula is C16H26N2. The van der Waals surface area contributed by atoms with E-state index in [0.717, 1.165) is 18.4 Å². The van der Waals surface area contributed by atoms with Gasteiger partial charge in [-0.3, -0.25) is 0 Å². The fourth-order valence-corrected chi connectivity index (χ4v) is 2.84. The average molecular weight is 246 g/mol. The molecule has 2 atom stereocenters. The Hall–Kier alpha value is -1.02. The van der Waals surface area contributed by atoms with E-state index < -0.39 is 0 Å². The van der Waals surface area contributed by atoms with Crippen molar-refractivity contribution < 1.29 is 0 Å². The number of nitrogens with one attached hydrogen (secondary N) is 1. The Morgan fingerprint density at radius 3 is 2.44 bits per heavy atom. The standard InChI is InChI=1S/C16H26N2/c1-13-4-5-15(10-13)12-17-11-14-6-8-16(9-7-14)18(2)3/h6-9,13,15,17H,4-5,10-12H2,1-3H3. The highest BCUT2D eigenvalue weighted by atomic mass is 15.1. The molecule has 18 heavy (non-hydrogen) atoms. The summed E-state index contributed by atoms with van der Waals surface area (Å²) in [6.45, 7) is 4.55. The van der Waals surface area contributed by atoms with Crippen LogP contribution >= 0.6 is 0 Å². The molecule has 1 aromatic rings. The van der Waals surface area contributed by atoms with Gasteiger partial charge in [-0.1, -0.05) is 25.5 Å². The van der Waals surface area contributed by atoms with Gasteiger partial charge < -0.3 is 10.2 Å². The van der Waals surface area contributed by atoms with Crippen molar-refractivity contribution in [1.82, 2.24) is 5.32 Å². The predicted octanol–water partition coefficient (Wildman–Crippen LogP) is 3.28. The second kappa shape index (κ2) is 6.24. The van der Waals surface area contributed by atoms with Crippen molar-refractivity contribution in [2.75, 3.05) is 25.5 Å². The average Bonchev–Trinajstić information content (AvgIpc) is 2.76. The highest BCUT2D eigenvalue weighted by Gasteiger charge is 2.20. The molecule has 2 rings (SSSR count). The largest absolute Gasteiger partial charge is 0.378 e. The zero-order chi connectivity index (χ0) is 13.0. The summed E-state index contributed by atoms with van der Waals surface area (Å²) in [5.41, 5.74) is 2.65. The minimum Gasteiger partial charge on any atom is -0.378 e. The van der Waals surface area contributed by atoms with Gasteiger partial charge >= 0.3 is 0 Å². The lowest BCUT2D eigenvalue weighted by molar-refractivity contribution is 0.470. The molecule has 100 valence electrons. The summed E-state index contributed by atoms with van der Waals surface area (Å²) in [6, 6.07) is 8.82. The first-order valence-corrected chi connectivity index (χ1v) is 7.12. The summed E-state index contributed by atoms with van der Waals surface area (Å²) < 4.78 is 0. The van der Waals surface area contributed by atoms with Crippen LogP contribution in [0.25, 0.3) is 0 Å². The van der Waals surface area contributed by atoms with Gasteiger partial charge in [0.05, 0.1) is 0 Å². The van der Waals surface area contributed by atoms with Crippen molar-refractivity contribution in [2.45, 2.75) is 32.7 Å². The summed E-state index contributed by atoms with van der Waals surface area (Å²) in [5.74, 6) is 1.84. The van der Waals surface area contributed by atoms with Gasteiger partial charge in [0, 0.05) is 26.3 Å². The van der Waals surface area contributed by atoms with Crippen LogP contribution in [0.4, 0.5) is 5.69 Å². The lowest BCUT2D eigenvalue weighted by atomic mass is 10.1. The van der Waals surface area contributed by atoms with Crippen LogP contribution in [0.2, 0.25) is 0 Å². The van der Waals surface area contributed by atoms with E-state index in [2.05, 4.69) is 55.5 Å². The van der Waals surface area contributed by atoms with E-state index in [0.29, 0.717) is 0 Å². The molecular weight excluding hydrogens is 220 g/mol. The second-order valence-electron chi connectivity index (χ2n) is 5.98.